The SMILES string of the molecule is NCc1noc(-c2ccc(Cl)cc2Br)n1. The van der Waals surface area contributed by atoms with Gasteiger partial charge in [-0.25, -0.2) is 0 Å². The van der Waals surface area contributed by atoms with Gasteiger partial charge in [0.25, 0.3) is 5.89 Å². The normalized spacial score (nSPS) is 10.6. The van der Waals surface area contributed by atoms with Crippen LogP contribution in [-0.2, 0) is 6.54 Å². The summed E-state index contributed by atoms with van der Waals surface area (Å²) in [6, 6.07) is 5.33. The molecule has 0 radical (unpaired) electrons. The minimum atomic E-state index is 0.259. The number of halogens is 2. The highest BCUT2D eigenvalue weighted by molar-refractivity contribution is 9.10. The summed E-state index contributed by atoms with van der Waals surface area (Å²) >= 11 is 9.19. The Labute approximate surface area is 99.5 Å². The molecule has 2 aromatic rings. The second kappa shape index (κ2) is 4.30. The van der Waals surface area contributed by atoms with E-state index in [2.05, 4.69) is 26.1 Å². The Morgan fingerprint density at radius 3 is 2.87 bits per heavy atom. The topological polar surface area (TPSA) is 64.9 Å². The molecular weight excluding hydrogens is 281 g/mol. The Morgan fingerprint density at radius 2 is 2.27 bits per heavy atom. The monoisotopic (exact) mass is 287 g/mol. The Morgan fingerprint density at radius 1 is 1.47 bits per heavy atom. The molecule has 0 atom stereocenters. The van der Waals surface area contributed by atoms with Crippen molar-refractivity contribution in [3.63, 3.8) is 0 Å². The lowest BCUT2D eigenvalue weighted by Gasteiger charge is -1.98. The molecule has 0 fully saturated rings. The number of rotatable bonds is 2. The maximum Gasteiger partial charge on any atom is 0.259 e. The smallest absolute Gasteiger partial charge is 0.259 e. The van der Waals surface area contributed by atoms with Gasteiger partial charge >= 0.3 is 0 Å². The van der Waals surface area contributed by atoms with Crippen LogP contribution in [0.4, 0.5) is 0 Å². The first-order valence-electron chi connectivity index (χ1n) is 4.19. The average Bonchev–Trinajstić information content (AvgIpc) is 2.66. The molecule has 1 heterocycles. The van der Waals surface area contributed by atoms with Gasteiger partial charge in [-0.1, -0.05) is 16.8 Å². The fourth-order valence-electron chi connectivity index (χ4n) is 1.11. The van der Waals surface area contributed by atoms with E-state index in [-0.39, 0.29) is 6.54 Å². The summed E-state index contributed by atoms with van der Waals surface area (Å²) in [5.74, 6) is 0.908. The van der Waals surface area contributed by atoms with Gasteiger partial charge in [0.05, 0.1) is 12.1 Å². The molecule has 0 unspecified atom stereocenters. The molecule has 4 nitrogen and oxygen atoms in total. The predicted molar refractivity (Wildman–Crippen MR) is 60.3 cm³/mol. The average molecular weight is 289 g/mol. The third-order valence-electron chi connectivity index (χ3n) is 1.81. The van der Waals surface area contributed by atoms with Crippen LogP contribution in [-0.4, -0.2) is 10.1 Å². The predicted octanol–water partition coefficient (Wildman–Crippen LogP) is 2.61. The van der Waals surface area contributed by atoms with Gasteiger partial charge in [0.1, 0.15) is 0 Å². The van der Waals surface area contributed by atoms with Crippen molar-refractivity contribution < 1.29 is 4.52 Å². The second-order valence-corrected chi connectivity index (χ2v) is 4.13. The minimum Gasteiger partial charge on any atom is -0.334 e. The van der Waals surface area contributed by atoms with E-state index >= 15 is 0 Å². The molecule has 0 amide bonds. The molecule has 15 heavy (non-hydrogen) atoms. The minimum absolute atomic E-state index is 0.259. The van der Waals surface area contributed by atoms with Crippen molar-refractivity contribution in [1.29, 1.82) is 0 Å². The largest absolute Gasteiger partial charge is 0.334 e. The number of nitrogens with zero attached hydrogens (tertiary/aromatic N) is 2. The third kappa shape index (κ3) is 2.19. The van der Waals surface area contributed by atoms with Crippen molar-refractivity contribution in [2.45, 2.75) is 6.54 Å². The zero-order valence-electron chi connectivity index (χ0n) is 7.58. The fraction of sp³-hybridized carbons (Fsp3) is 0.111. The van der Waals surface area contributed by atoms with E-state index in [1.807, 2.05) is 0 Å². The highest BCUT2D eigenvalue weighted by atomic mass is 79.9. The maximum atomic E-state index is 5.82. The lowest BCUT2D eigenvalue weighted by Crippen LogP contribution is -1.97. The van der Waals surface area contributed by atoms with Crippen LogP contribution in [0, 0.1) is 0 Å². The van der Waals surface area contributed by atoms with Crippen molar-refractivity contribution in [3.05, 3.63) is 33.5 Å². The zero-order valence-corrected chi connectivity index (χ0v) is 9.92. The Balaban J connectivity index is 2.44. The van der Waals surface area contributed by atoms with Crippen molar-refractivity contribution in [2.75, 3.05) is 0 Å². The zero-order chi connectivity index (χ0) is 10.8. The molecular formula is C9H7BrClN3O. The highest BCUT2D eigenvalue weighted by Gasteiger charge is 2.11. The summed E-state index contributed by atoms with van der Waals surface area (Å²) in [5.41, 5.74) is 6.18. The number of benzene rings is 1. The van der Waals surface area contributed by atoms with Gasteiger partial charge in [-0.15, -0.1) is 0 Å². The van der Waals surface area contributed by atoms with Crippen LogP contribution in [0.5, 0.6) is 0 Å². The van der Waals surface area contributed by atoms with E-state index in [1.165, 1.54) is 0 Å². The van der Waals surface area contributed by atoms with Crippen molar-refractivity contribution in [1.82, 2.24) is 10.1 Å². The molecule has 78 valence electrons. The standard InChI is InChI=1S/C9H7BrClN3O/c10-7-3-5(11)1-2-6(7)9-13-8(4-12)14-15-9/h1-3H,4,12H2. The number of hydrogen-bond acceptors (Lipinski definition) is 4. The molecule has 1 aromatic carbocycles. The summed E-state index contributed by atoms with van der Waals surface area (Å²) in [7, 11) is 0. The van der Waals surface area contributed by atoms with Crippen LogP contribution in [0.3, 0.4) is 0 Å². The van der Waals surface area contributed by atoms with E-state index in [9.17, 15) is 0 Å². The molecule has 2 N–H and O–H groups in total. The van der Waals surface area contributed by atoms with Crippen LogP contribution in [0.2, 0.25) is 5.02 Å². The van der Waals surface area contributed by atoms with E-state index in [0.717, 1.165) is 10.0 Å². The summed E-state index contributed by atoms with van der Waals surface area (Å²) in [6.45, 7) is 0.259. The van der Waals surface area contributed by atoms with Gasteiger partial charge in [0.2, 0.25) is 0 Å². The highest BCUT2D eigenvalue weighted by Crippen LogP contribution is 2.29. The molecule has 0 saturated carbocycles. The first-order valence-corrected chi connectivity index (χ1v) is 5.36. The molecule has 0 aliphatic rings. The Hall–Kier alpha value is -0.910. The van der Waals surface area contributed by atoms with Gasteiger partial charge in [0, 0.05) is 9.50 Å². The number of aromatic nitrogens is 2. The van der Waals surface area contributed by atoms with Gasteiger partial charge < -0.3 is 10.3 Å². The first-order chi connectivity index (χ1) is 7.20. The lowest BCUT2D eigenvalue weighted by atomic mass is 10.2. The first kappa shape index (κ1) is 10.6. The molecule has 1 aromatic heterocycles. The van der Waals surface area contributed by atoms with Crippen LogP contribution in [0.25, 0.3) is 11.5 Å². The summed E-state index contributed by atoms with van der Waals surface area (Å²) < 4.78 is 5.86. The second-order valence-electron chi connectivity index (χ2n) is 2.84. The molecule has 0 saturated heterocycles. The summed E-state index contributed by atoms with van der Waals surface area (Å²) in [6.07, 6.45) is 0. The summed E-state index contributed by atoms with van der Waals surface area (Å²) in [4.78, 5) is 4.11. The Kier molecular flexibility index (Phi) is 3.04. The van der Waals surface area contributed by atoms with Crippen molar-refractivity contribution in [2.24, 2.45) is 5.73 Å². The lowest BCUT2D eigenvalue weighted by molar-refractivity contribution is 0.422. The van der Waals surface area contributed by atoms with Gasteiger partial charge in [-0.2, -0.15) is 4.98 Å². The third-order valence-corrected chi connectivity index (χ3v) is 2.70. The van der Waals surface area contributed by atoms with E-state index in [0.29, 0.717) is 16.7 Å². The van der Waals surface area contributed by atoms with Gasteiger partial charge in [-0.05, 0) is 34.1 Å². The van der Waals surface area contributed by atoms with Crippen molar-refractivity contribution in [3.8, 4) is 11.5 Å². The molecule has 0 aliphatic heterocycles. The fourth-order valence-corrected chi connectivity index (χ4v) is 1.96. The van der Waals surface area contributed by atoms with Gasteiger partial charge in [-0.3, -0.25) is 0 Å². The quantitative estimate of drug-likeness (QED) is 0.922. The van der Waals surface area contributed by atoms with Crippen LogP contribution < -0.4 is 5.73 Å². The Bertz CT molecular complexity index is 486. The van der Waals surface area contributed by atoms with Crippen molar-refractivity contribution >= 4 is 27.5 Å². The van der Waals surface area contributed by atoms with Crippen LogP contribution in [0.15, 0.2) is 27.2 Å². The number of nitrogens with two attached hydrogens (primary N) is 1. The molecule has 0 aliphatic carbocycles. The molecule has 0 spiro atoms. The van der Waals surface area contributed by atoms with Crippen LogP contribution >= 0.6 is 27.5 Å². The van der Waals surface area contributed by atoms with E-state index < -0.39 is 0 Å². The maximum absolute atomic E-state index is 5.82. The van der Waals surface area contributed by atoms with Gasteiger partial charge in [0.15, 0.2) is 5.82 Å². The summed E-state index contributed by atoms with van der Waals surface area (Å²) in [5, 5.41) is 4.35. The molecule has 2 rings (SSSR count). The van der Waals surface area contributed by atoms with E-state index in [4.69, 9.17) is 21.9 Å². The molecule has 0 bridgehead atoms. The van der Waals surface area contributed by atoms with E-state index in [1.54, 1.807) is 18.2 Å². The molecule has 6 heteroatoms. The number of hydrogen-bond donors (Lipinski definition) is 1. The van der Waals surface area contributed by atoms with Crippen LogP contribution in [0.1, 0.15) is 5.82 Å².